The van der Waals surface area contributed by atoms with E-state index in [9.17, 15) is 0 Å². The first kappa shape index (κ1) is 9.44. The van der Waals surface area contributed by atoms with Crippen LogP contribution in [0.2, 0.25) is 0 Å². The minimum absolute atomic E-state index is 0.702. The average molecular weight is 172 g/mol. The Balaban J connectivity index is 2.12. The van der Waals surface area contributed by atoms with E-state index in [2.05, 4.69) is 12.6 Å². The minimum atomic E-state index is 0.702. The van der Waals surface area contributed by atoms with Crippen LogP contribution in [0.25, 0.3) is 0 Å². The third-order valence-electron chi connectivity index (χ3n) is 2.57. The van der Waals surface area contributed by atoms with Crippen LogP contribution >= 0.6 is 12.6 Å². The minimum Gasteiger partial charge on any atom is -0.176 e. The summed E-state index contributed by atoms with van der Waals surface area (Å²) in [6.45, 7) is 0. The molecule has 0 radical (unpaired) electrons. The van der Waals surface area contributed by atoms with Gasteiger partial charge in [0.1, 0.15) is 0 Å². The van der Waals surface area contributed by atoms with E-state index in [1.165, 1.54) is 57.8 Å². The lowest BCUT2D eigenvalue weighted by Crippen LogP contribution is -2.00. The van der Waals surface area contributed by atoms with E-state index < -0.39 is 0 Å². The van der Waals surface area contributed by atoms with Gasteiger partial charge in [-0.1, -0.05) is 44.9 Å². The van der Waals surface area contributed by atoms with Crippen LogP contribution in [0.1, 0.15) is 57.8 Å². The zero-order valence-corrected chi connectivity index (χ0v) is 8.28. The van der Waals surface area contributed by atoms with Crippen molar-refractivity contribution in [3.05, 3.63) is 0 Å². The summed E-state index contributed by atoms with van der Waals surface area (Å²) in [6.07, 6.45) is 12.8. The van der Waals surface area contributed by atoms with Gasteiger partial charge in [0.05, 0.1) is 0 Å². The van der Waals surface area contributed by atoms with Gasteiger partial charge in [-0.15, -0.1) is 0 Å². The molecule has 1 heteroatoms. The molecule has 1 aliphatic carbocycles. The second-order valence-electron chi connectivity index (χ2n) is 3.71. The quantitative estimate of drug-likeness (QED) is 0.528. The maximum Gasteiger partial charge on any atom is 0.00168 e. The highest BCUT2D eigenvalue weighted by molar-refractivity contribution is 7.80. The molecule has 11 heavy (non-hydrogen) atoms. The summed E-state index contributed by atoms with van der Waals surface area (Å²) in [5, 5.41) is 0.702. The van der Waals surface area contributed by atoms with Gasteiger partial charge in [-0.3, -0.25) is 0 Å². The summed E-state index contributed by atoms with van der Waals surface area (Å²) in [7, 11) is 0. The maximum atomic E-state index is 4.56. The molecule has 1 saturated carbocycles. The van der Waals surface area contributed by atoms with Gasteiger partial charge in [0, 0.05) is 5.25 Å². The molecule has 66 valence electrons. The van der Waals surface area contributed by atoms with Crippen LogP contribution in [0.3, 0.4) is 0 Å². The molecule has 1 fully saturated rings. The van der Waals surface area contributed by atoms with Crippen LogP contribution < -0.4 is 0 Å². The lowest BCUT2D eigenvalue weighted by molar-refractivity contribution is 0.512. The lowest BCUT2D eigenvalue weighted by atomic mass is 10.0. The molecule has 0 spiro atoms. The van der Waals surface area contributed by atoms with Crippen molar-refractivity contribution in [2.45, 2.75) is 63.0 Å². The first-order valence-corrected chi connectivity index (χ1v) is 5.59. The molecule has 1 rings (SSSR count). The van der Waals surface area contributed by atoms with E-state index in [0.29, 0.717) is 5.25 Å². The van der Waals surface area contributed by atoms with Crippen molar-refractivity contribution in [2.24, 2.45) is 0 Å². The van der Waals surface area contributed by atoms with Gasteiger partial charge in [0.15, 0.2) is 0 Å². The van der Waals surface area contributed by atoms with Crippen molar-refractivity contribution in [2.75, 3.05) is 0 Å². The van der Waals surface area contributed by atoms with Crippen LogP contribution in [0.5, 0.6) is 0 Å². The smallest absolute Gasteiger partial charge is 0.00168 e. The molecule has 0 unspecified atom stereocenters. The van der Waals surface area contributed by atoms with Gasteiger partial charge in [-0.25, -0.2) is 0 Å². The second-order valence-corrected chi connectivity index (χ2v) is 4.44. The average Bonchev–Trinajstić information content (AvgIpc) is 2.03. The molecule has 0 aliphatic heterocycles. The largest absolute Gasteiger partial charge is 0.176 e. The molecule has 0 aromatic heterocycles. The fraction of sp³-hybridized carbons (Fsp3) is 1.00. The Morgan fingerprint density at radius 1 is 0.636 bits per heavy atom. The summed E-state index contributed by atoms with van der Waals surface area (Å²) in [5.74, 6) is 0. The number of hydrogen-bond donors (Lipinski definition) is 1. The SMILES string of the molecule is SC1CCCCCCCCC1. The monoisotopic (exact) mass is 172 g/mol. The third-order valence-corrected chi connectivity index (χ3v) is 3.09. The fourth-order valence-electron chi connectivity index (χ4n) is 1.79. The lowest BCUT2D eigenvalue weighted by Gasteiger charge is -2.12. The van der Waals surface area contributed by atoms with E-state index in [0.717, 1.165) is 0 Å². The van der Waals surface area contributed by atoms with Crippen molar-refractivity contribution in [3.63, 3.8) is 0 Å². The van der Waals surface area contributed by atoms with Crippen LogP contribution in [-0.2, 0) is 0 Å². The van der Waals surface area contributed by atoms with E-state index in [1.807, 2.05) is 0 Å². The highest BCUT2D eigenvalue weighted by atomic mass is 32.1. The first-order chi connectivity index (χ1) is 5.39. The normalized spacial score (nSPS) is 24.8. The molecule has 0 nitrogen and oxygen atoms in total. The standard InChI is InChI=1S/C10H20S/c11-10-8-6-4-2-1-3-5-7-9-10/h10-11H,1-9H2. The topological polar surface area (TPSA) is 0 Å². The zero-order valence-electron chi connectivity index (χ0n) is 7.39. The number of thiol groups is 1. The van der Waals surface area contributed by atoms with Crippen molar-refractivity contribution in [1.82, 2.24) is 0 Å². The van der Waals surface area contributed by atoms with Crippen molar-refractivity contribution >= 4 is 12.6 Å². The Kier molecular flexibility index (Phi) is 5.09. The van der Waals surface area contributed by atoms with Gasteiger partial charge in [-0.2, -0.15) is 12.6 Å². The number of rotatable bonds is 0. The molecule has 0 atom stereocenters. The van der Waals surface area contributed by atoms with E-state index in [4.69, 9.17) is 0 Å². The predicted molar refractivity (Wildman–Crippen MR) is 54.3 cm³/mol. The molecule has 0 amide bonds. The Labute approximate surface area is 76.2 Å². The van der Waals surface area contributed by atoms with Crippen LogP contribution in [0.4, 0.5) is 0 Å². The summed E-state index contributed by atoms with van der Waals surface area (Å²) in [5.41, 5.74) is 0. The Morgan fingerprint density at radius 2 is 1.00 bits per heavy atom. The molecular weight excluding hydrogens is 152 g/mol. The van der Waals surface area contributed by atoms with E-state index >= 15 is 0 Å². The molecule has 0 aromatic carbocycles. The molecule has 0 N–H and O–H groups in total. The molecule has 0 aromatic rings. The van der Waals surface area contributed by atoms with Gasteiger partial charge < -0.3 is 0 Å². The molecule has 0 heterocycles. The van der Waals surface area contributed by atoms with Crippen molar-refractivity contribution in [3.8, 4) is 0 Å². The van der Waals surface area contributed by atoms with Gasteiger partial charge >= 0.3 is 0 Å². The number of hydrogen-bond acceptors (Lipinski definition) is 1. The van der Waals surface area contributed by atoms with Gasteiger partial charge in [0.2, 0.25) is 0 Å². The van der Waals surface area contributed by atoms with Crippen LogP contribution in [0.15, 0.2) is 0 Å². The summed E-state index contributed by atoms with van der Waals surface area (Å²) in [4.78, 5) is 0. The summed E-state index contributed by atoms with van der Waals surface area (Å²) >= 11 is 4.56. The molecular formula is C10H20S. The van der Waals surface area contributed by atoms with Gasteiger partial charge in [-0.05, 0) is 12.8 Å². The second kappa shape index (κ2) is 5.93. The highest BCUT2D eigenvalue weighted by Crippen LogP contribution is 2.19. The fourth-order valence-corrected chi connectivity index (χ4v) is 2.15. The van der Waals surface area contributed by atoms with E-state index in [1.54, 1.807) is 0 Å². The van der Waals surface area contributed by atoms with Crippen LogP contribution in [0, 0.1) is 0 Å². The Bertz CT molecular complexity index is 80.9. The summed E-state index contributed by atoms with van der Waals surface area (Å²) < 4.78 is 0. The van der Waals surface area contributed by atoms with Crippen molar-refractivity contribution in [1.29, 1.82) is 0 Å². The Hall–Kier alpha value is 0.350. The van der Waals surface area contributed by atoms with Crippen molar-refractivity contribution < 1.29 is 0 Å². The maximum absolute atomic E-state index is 4.56. The van der Waals surface area contributed by atoms with Crippen LogP contribution in [-0.4, -0.2) is 5.25 Å². The Morgan fingerprint density at radius 3 is 1.45 bits per heavy atom. The summed E-state index contributed by atoms with van der Waals surface area (Å²) in [6, 6.07) is 0. The molecule has 0 bridgehead atoms. The van der Waals surface area contributed by atoms with E-state index in [-0.39, 0.29) is 0 Å². The third kappa shape index (κ3) is 4.73. The zero-order chi connectivity index (χ0) is 7.94. The van der Waals surface area contributed by atoms with Gasteiger partial charge in [0.25, 0.3) is 0 Å². The predicted octanol–water partition coefficient (Wildman–Crippen LogP) is 3.81. The first-order valence-electron chi connectivity index (χ1n) is 5.07. The highest BCUT2D eigenvalue weighted by Gasteiger charge is 2.04. The molecule has 0 saturated heterocycles. The molecule has 1 aliphatic rings.